The lowest BCUT2D eigenvalue weighted by molar-refractivity contribution is -0.146. The summed E-state index contributed by atoms with van der Waals surface area (Å²) in [7, 11) is 0. The molecule has 0 aliphatic heterocycles. The van der Waals surface area contributed by atoms with Gasteiger partial charge in [0.1, 0.15) is 17.9 Å². The van der Waals surface area contributed by atoms with E-state index in [2.05, 4.69) is 0 Å². The number of aromatic hydroxyl groups is 1. The molecule has 0 saturated carbocycles. The van der Waals surface area contributed by atoms with Crippen molar-refractivity contribution in [3.8, 4) is 5.75 Å². The molecular formula is C20H18O5. The first-order valence-corrected chi connectivity index (χ1v) is 8.06. The van der Waals surface area contributed by atoms with Crippen LogP contribution in [-0.4, -0.2) is 11.1 Å². The van der Waals surface area contributed by atoms with Gasteiger partial charge in [-0.1, -0.05) is 37.3 Å². The molecule has 0 unspecified atom stereocenters. The number of esters is 1. The number of carbonyl (C=O) groups excluding carboxylic acids is 1. The van der Waals surface area contributed by atoms with Gasteiger partial charge in [0, 0.05) is 23.1 Å². The molecule has 0 aliphatic carbocycles. The van der Waals surface area contributed by atoms with Crippen LogP contribution in [0.3, 0.4) is 0 Å². The number of benzene rings is 2. The summed E-state index contributed by atoms with van der Waals surface area (Å²) in [5.74, 6) is -0.689. The molecular weight excluding hydrogens is 320 g/mol. The highest BCUT2D eigenvalue weighted by Gasteiger charge is 2.20. The standard InChI is InChI=1S/C20H18O5/c1-2-16(13-6-4-3-5-7-13)20(23)24-12-14-10-19(22)25-18-11-15(21)8-9-17(14)18/h3-11,16,21H,2,12H2,1H3/t16-/m1/s1. The van der Waals surface area contributed by atoms with Crippen molar-refractivity contribution in [3.63, 3.8) is 0 Å². The molecule has 0 spiro atoms. The van der Waals surface area contributed by atoms with Gasteiger partial charge in [-0.05, 0) is 24.1 Å². The molecule has 1 aromatic heterocycles. The van der Waals surface area contributed by atoms with Gasteiger partial charge in [-0.25, -0.2) is 4.79 Å². The van der Waals surface area contributed by atoms with Crippen LogP contribution in [0.25, 0.3) is 11.0 Å². The summed E-state index contributed by atoms with van der Waals surface area (Å²) in [5, 5.41) is 10.1. The van der Waals surface area contributed by atoms with Gasteiger partial charge in [-0.15, -0.1) is 0 Å². The predicted molar refractivity (Wildman–Crippen MR) is 93.4 cm³/mol. The number of phenols is 1. The fraction of sp³-hybridized carbons (Fsp3) is 0.200. The van der Waals surface area contributed by atoms with Crippen LogP contribution in [-0.2, 0) is 16.1 Å². The number of ether oxygens (including phenoxy) is 1. The summed E-state index contributed by atoms with van der Waals surface area (Å²) in [6.45, 7) is 1.89. The maximum Gasteiger partial charge on any atom is 0.336 e. The monoisotopic (exact) mass is 338 g/mol. The zero-order valence-electron chi connectivity index (χ0n) is 13.8. The summed E-state index contributed by atoms with van der Waals surface area (Å²) in [6, 6.07) is 15.2. The highest BCUT2D eigenvalue weighted by molar-refractivity contribution is 5.82. The summed E-state index contributed by atoms with van der Waals surface area (Å²) < 4.78 is 10.5. The van der Waals surface area contributed by atoms with Crippen molar-refractivity contribution in [2.75, 3.05) is 0 Å². The minimum atomic E-state index is -0.556. The van der Waals surface area contributed by atoms with E-state index in [1.807, 2.05) is 37.3 Å². The van der Waals surface area contributed by atoms with Crippen LogP contribution in [0.2, 0.25) is 0 Å². The molecule has 5 nitrogen and oxygen atoms in total. The molecule has 0 saturated heterocycles. The summed E-state index contributed by atoms with van der Waals surface area (Å²) in [4.78, 5) is 24.1. The number of carbonyl (C=O) groups is 1. The average molecular weight is 338 g/mol. The number of hydrogen-bond donors (Lipinski definition) is 1. The Morgan fingerprint density at radius 1 is 1.16 bits per heavy atom. The number of rotatable bonds is 5. The van der Waals surface area contributed by atoms with Crippen LogP contribution < -0.4 is 5.63 Å². The summed E-state index contributed by atoms with van der Waals surface area (Å²) in [6.07, 6.45) is 0.619. The molecule has 0 radical (unpaired) electrons. The smallest absolute Gasteiger partial charge is 0.336 e. The molecule has 25 heavy (non-hydrogen) atoms. The number of hydrogen-bond acceptors (Lipinski definition) is 5. The molecule has 1 heterocycles. The fourth-order valence-corrected chi connectivity index (χ4v) is 2.81. The van der Waals surface area contributed by atoms with E-state index in [1.165, 1.54) is 18.2 Å². The molecule has 5 heteroatoms. The van der Waals surface area contributed by atoms with Gasteiger partial charge in [-0.2, -0.15) is 0 Å². The van der Waals surface area contributed by atoms with Gasteiger partial charge in [0.05, 0.1) is 5.92 Å². The van der Waals surface area contributed by atoms with Gasteiger partial charge < -0.3 is 14.3 Å². The van der Waals surface area contributed by atoms with Gasteiger partial charge in [0.2, 0.25) is 0 Å². The van der Waals surface area contributed by atoms with Crippen LogP contribution in [0.4, 0.5) is 0 Å². The van der Waals surface area contributed by atoms with E-state index >= 15 is 0 Å². The van der Waals surface area contributed by atoms with Crippen LogP contribution in [0.15, 0.2) is 63.8 Å². The van der Waals surface area contributed by atoms with E-state index in [4.69, 9.17) is 9.15 Å². The largest absolute Gasteiger partial charge is 0.508 e. The van der Waals surface area contributed by atoms with Crippen LogP contribution in [0.5, 0.6) is 5.75 Å². The number of fused-ring (bicyclic) bond motifs is 1. The molecule has 3 rings (SSSR count). The van der Waals surface area contributed by atoms with Crippen molar-refractivity contribution in [2.45, 2.75) is 25.9 Å². The Morgan fingerprint density at radius 3 is 2.64 bits per heavy atom. The first-order chi connectivity index (χ1) is 12.1. The van der Waals surface area contributed by atoms with Crippen molar-refractivity contribution in [2.24, 2.45) is 0 Å². The molecule has 128 valence electrons. The zero-order chi connectivity index (χ0) is 17.8. The molecule has 0 fully saturated rings. The predicted octanol–water partition coefficient (Wildman–Crippen LogP) is 3.74. The van der Waals surface area contributed by atoms with Gasteiger partial charge >= 0.3 is 11.6 Å². The Bertz CT molecular complexity index is 943. The van der Waals surface area contributed by atoms with E-state index in [0.29, 0.717) is 17.4 Å². The second-order valence-corrected chi connectivity index (χ2v) is 5.75. The van der Waals surface area contributed by atoms with Crippen molar-refractivity contribution < 1.29 is 19.1 Å². The lowest BCUT2D eigenvalue weighted by Crippen LogP contribution is -2.16. The maximum absolute atomic E-state index is 12.5. The zero-order valence-corrected chi connectivity index (χ0v) is 13.8. The Balaban J connectivity index is 1.82. The van der Waals surface area contributed by atoms with E-state index in [1.54, 1.807) is 6.07 Å². The second kappa shape index (κ2) is 7.21. The molecule has 3 aromatic rings. The summed E-state index contributed by atoms with van der Waals surface area (Å²) in [5.41, 5.74) is 1.15. The topological polar surface area (TPSA) is 76.7 Å². The molecule has 1 atom stereocenters. The Hall–Kier alpha value is -3.08. The molecule has 2 aromatic carbocycles. The Labute approximate surface area is 144 Å². The second-order valence-electron chi connectivity index (χ2n) is 5.75. The van der Waals surface area contributed by atoms with Crippen molar-refractivity contribution in [1.29, 1.82) is 0 Å². The third-order valence-corrected chi connectivity index (χ3v) is 4.08. The Kier molecular flexibility index (Phi) is 4.84. The molecule has 0 aliphatic rings. The maximum atomic E-state index is 12.5. The SMILES string of the molecule is CC[C@@H](C(=O)OCc1cc(=O)oc2cc(O)ccc12)c1ccccc1. The van der Waals surface area contributed by atoms with E-state index in [9.17, 15) is 14.7 Å². The quantitative estimate of drug-likeness (QED) is 0.566. The van der Waals surface area contributed by atoms with Gasteiger partial charge in [-0.3, -0.25) is 4.79 Å². The van der Waals surface area contributed by atoms with E-state index in [-0.39, 0.29) is 29.8 Å². The normalized spacial score (nSPS) is 12.0. The van der Waals surface area contributed by atoms with Crippen molar-refractivity contribution in [3.05, 3.63) is 76.1 Å². The fourth-order valence-electron chi connectivity index (χ4n) is 2.81. The molecule has 0 bridgehead atoms. The average Bonchev–Trinajstić information content (AvgIpc) is 2.60. The lowest BCUT2D eigenvalue weighted by atomic mass is 9.97. The minimum absolute atomic E-state index is 0.0000747. The first kappa shape index (κ1) is 16.8. The van der Waals surface area contributed by atoms with Gasteiger partial charge in [0.15, 0.2) is 0 Å². The third-order valence-electron chi connectivity index (χ3n) is 4.08. The van der Waals surface area contributed by atoms with Crippen LogP contribution in [0.1, 0.15) is 30.4 Å². The number of phenolic OH excluding ortho intramolecular Hbond substituents is 1. The highest BCUT2D eigenvalue weighted by Crippen LogP contribution is 2.24. The first-order valence-electron chi connectivity index (χ1n) is 8.06. The lowest BCUT2D eigenvalue weighted by Gasteiger charge is -2.15. The minimum Gasteiger partial charge on any atom is -0.508 e. The van der Waals surface area contributed by atoms with Gasteiger partial charge in [0.25, 0.3) is 0 Å². The molecule has 1 N–H and O–H groups in total. The summed E-state index contributed by atoms with van der Waals surface area (Å²) >= 11 is 0. The van der Waals surface area contributed by atoms with Crippen LogP contribution >= 0.6 is 0 Å². The van der Waals surface area contributed by atoms with E-state index in [0.717, 1.165) is 5.56 Å². The highest BCUT2D eigenvalue weighted by atomic mass is 16.5. The third kappa shape index (κ3) is 3.71. The van der Waals surface area contributed by atoms with Crippen LogP contribution in [0, 0.1) is 0 Å². The van der Waals surface area contributed by atoms with E-state index < -0.39 is 5.63 Å². The Morgan fingerprint density at radius 2 is 1.92 bits per heavy atom. The van der Waals surface area contributed by atoms with Crippen molar-refractivity contribution in [1.82, 2.24) is 0 Å². The molecule has 0 amide bonds. The van der Waals surface area contributed by atoms with Crippen molar-refractivity contribution >= 4 is 16.9 Å².